The second-order valence-corrected chi connectivity index (χ2v) is 3.55. The monoisotopic (exact) mass is 176 g/mol. The third-order valence-corrected chi connectivity index (χ3v) is 1.63. The summed E-state index contributed by atoms with van der Waals surface area (Å²) in [5.74, 6) is 0. The van der Waals surface area contributed by atoms with E-state index in [4.69, 9.17) is 0 Å². The predicted octanol–water partition coefficient (Wildman–Crippen LogP) is 3.11. The summed E-state index contributed by atoms with van der Waals surface area (Å²) in [6.45, 7) is 8.10. The normalized spacial score (nSPS) is 9.54. The van der Waals surface area contributed by atoms with Crippen molar-refractivity contribution >= 4 is 11.4 Å². The molecule has 0 saturated carbocycles. The van der Waals surface area contributed by atoms with Crippen LogP contribution in [0.5, 0.6) is 0 Å². The van der Waals surface area contributed by atoms with Crippen LogP contribution in [0.2, 0.25) is 0 Å². The molecule has 1 aromatic carbocycles. The van der Waals surface area contributed by atoms with Crippen LogP contribution in [0.3, 0.4) is 0 Å². The third-order valence-electron chi connectivity index (χ3n) is 1.63. The summed E-state index contributed by atoms with van der Waals surface area (Å²) in [6, 6.07) is 6.31. The topological polar surface area (TPSA) is 24.4 Å². The van der Waals surface area contributed by atoms with Crippen molar-refractivity contribution < 1.29 is 0 Å². The number of anilines is 1. The highest BCUT2D eigenvalue weighted by atomic mass is 15.3. The van der Waals surface area contributed by atoms with E-state index in [-0.39, 0.29) is 0 Å². The summed E-state index contributed by atoms with van der Waals surface area (Å²) in [5, 5.41) is 4.14. The van der Waals surface area contributed by atoms with Crippen LogP contribution in [0.25, 0.3) is 0 Å². The minimum absolute atomic E-state index is 1.03. The summed E-state index contributed by atoms with van der Waals surface area (Å²) >= 11 is 0. The molecule has 0 amide bonds. The summed E-state index contributed by atoms with van der Waals surface area (Å²) in [4.78, 5) is 0. The molecule has 0 radical (unpaired) electrons. The Morgan fingerprint density at radius 3 is 2.08 bits per heavy atom. The molecule has 0 heterocycles. The maximum absolute atomic E-state index is 4.14. The Hall–Kier alpha value is -1.31. The summed E-state index contributed by atoms with van der Waals surface area (Å²) in [5.41, 5.74) is 7.61. The van der Waals surface area contributed by atoms with E-state index in [1.54, 1.807) is 0 Å². The highest BCUT2D eigenvalue weighted by Crippen LogP contribution is 2.13. The molecule has 0 aliphatic carbocycles. The molecule has 0 bridgehead atoms. The van der Waals surface area contributed by atoms with E-state index < -0.39 is 0 Å². The van der Waals surface area contributed by atoms with Crippen LogP contribution >= 0.6 is 0 Å². The number of hydrogen-bond donors (Lipinski definition) is 1. The first-order valence-corrected chi connectivity index (χ1v) is 4.43. The minimum Gasteiger partial charge on any atom is -0.279 e. The number of aryl methyl sites for hydroxylation is 2. The molecule has 1 aromatic rings. The van der Waals surface area contributed by atoms with Crippen LogP contribution in [0.15, 0.2) is 23.3 Å². The highest BCUT2D eigenvalue weighted by molar-refractivity contribution is 5.79. The molecular weight excluding hydrogens is 160 g/mol. The van der Waals surface area contributed by atoms with Gasteiger partial charge in [-0.05, 0) is 51.0 Å². The van der Waals surface area contributed by atoms with Gasteiger partial charge in [0.15, 0.2) is 0 Å². The van der Waals surface area contributed by atoms with Crippen LogP contribution in [0.4, 0.5) is 5.69 Å². The zero-order valence-electron chi connectivity index (χ0n) is 8.68. The largest absolute Gasteiger partial charge is 0.279 e. The van der Waals surface area contributed by atoms with Crippen LogP contribution in [0.1, 0.15) is 25.0 Å². The summed E-state index contributed by atoms with van der Waals surface area (Å²) < 4.78 is 0. The van der Waals surface area contributed by atoms with Crippen LogP contribution < -0.4 is 5.43 Å². The van der Waals surface area contributed by atoms with Gasteiger partial charge in [-0.2, -0.15) is 5.10 Å². The Bertz CT molecular complexity index is 303. The number of rotatable bonds is 2. The lowest BCUT2D eigenvalue weighted by molar-refractivity contribution is 1.28. The van der Waals surface area contributed by atoms with Gasteiger partial charge in [0, 0.05) is 5.71 Å². The van der Waals surface area contributed by atoms with Gasteiger partial charge in [0.1, 0.15) is 0 Å². The number of benzene rings is 1. The molecule has 0 fully saturated rings. The molecule has 0 aliphatic rings. The van der Waals surface area contributed by atoms with Crippen molar-refractivity contribution in [2.75, 3.05) is 5.43 Å². The number of hydrogen-bond acceptors (Lipinski definition) is 2. The molecule has 13 heavy (non-hydrogen) atoms. The average Bonchev–Trinajstić information content (AvgIpc) is 1.99. The first-order chi connectivity index (χ1) is 6.08. The molecule has 2 nitrogen and oxygen atoms in total. The first kappa shape index (κ1) is 9.78. The van der Waals surface area contributed by atoms with Crippen molar-refractivity contribution in [3.63, 3.8) is 0 Å². The van der Waals surface area contributed by atoms with Gasteiger partial charge in [0.05, 0.1) is 5.69 Å². The van der Waals surface area contributed by atoms with Gasteiger partial charge < -0.3 is 0 Å². The van der Waals surface area contributed by atoms with Gasteiger partial charge >= 0.3 is 0 Å². The van der Waals surface area contributed by atoms with Crippen molar-refractivity contribution in [3.05, 3.63) is 29.3 Å². The fourth-order valence-corrected chi connectivity index (χ4v) is 1.22. The minimum atomic E-state index is 1.03. The van der Waals surface area contributed by atoms with E-state index >= 15 is 0 Å². The number of nitrogens with one attached hydrogen (secondary N) is 1. The molecule has 2 heteroatoms. The second kappa shape index (κ2) is 4.08. The van der Waals surface area contributed by atoms with E-state index in [0.29, 0.717) is 0 Å². The average molecular weight is 176 g/mol. The van der Waals surface area contributed by atoms with Gasteiger partial charge in [-0.3, -0.25) is 5.43 Å². The Labute approximate surface area is 79.7 Å². The fraction of sp³-hybridized carbons (Fsp3) is 0.364. The number of hydrazone groups is 1. The lowest BCUT2D eigenvalue weighted by Gasteiger charge is -2.04. The first-order valence-electron chi connectivity index (χ1n) is 4.43. The quantitative estimate of drug-likeness (QED) is 0.543. The number of nitrogens with zero attached hydrogens (tertiary/aromatic N) is 1. The van der Waals surface area contributed by atoms with Gasteiger partial charge in [0.2, 0.25) is 0 Å². The lowest BCUT2D eigenvalue weighted by Crippen LogP contribution is -1.93. The molecule has 0 aliphatic heterocycles. The lowest BCUT2D eigenvalue weighted by atomic mass is 10.1. The Morgan fingerprint density at radius 2 is 1.62 bits per heavy atom. The van der Waals surface area contributed by atoms with Crippen molar-refractivity contribution in [1.82, 2.24) is 0 Å². The Kier molecular flexibility index (Phi) is 3.07. The molecule has 1 rings (SSSR count). The van der Waals surface area contributed by atoms with Crippen molar-refractivity contribution in [2.24, 2.45) is 5.10 Å². The maximum atomic E-state index is 4.14. The predicted molar refractivity (Wildman–Crippen MR) is 58.3 cm³/mol. The maximum Gasteiger partial charge on any atom is 0.0567 e. The highest BCUT2D eigenvalue weighted by Gasteiger charge is 1.93. The van der Waals surface area contributed by atoms with E-state index in [2.05, 4.69) is 42.6 Å². The Morgan fingerprint density at radius 1 is 1.08 bits per heavy atom. The third kappa shape index (κ3) is 3.28. The molecule has 0 unspecified atom stereocenters. The van der Waals surface area contributed by atoms with Crippen molar-refractivity contribution in [1.29, 1.82) is 0 Å². The standard InChI is InChI=1S/C11H16N2/c1-8(2)12-13-11-6-9(3)5-10(4)7-11/h5-7,13H,1-4H3. The van der Waals surface area contributed by atoms with Gasteiger partial charge in [-0.1, -0.05) is 6.07 Å². The van der Waals surface area contributed by atoms with E-state index in [1.165, 1.54) is 11.1 Å². The molecule has 70 valence electrons. The van der Waals surface area contributed by atoms with E-state index in [0.717, 1.165) is 11.4 Å². The molecule has 0 saturated heterocycles. The van der Waals surface area contributed by atoms with Crippen LogP contribution in [0, 0.1) is 13.8 Å². The van der Waals surface area contributed by atoms with E-state index in [9.17, 15) is 0 Å². The fourth-order valence-electron chi connectivity index (χ4n) is 1.22. The molecule has 0 atom stereocenters. The van der Waals surface area contributed by atoms with Gasteiger partial charge in [0.25, 0.3) is 0 Å². The van der Waals surface area contributed by atoms with Crippen LogP contribution in [-0.4, -0.2) is 5.71 Å². The summed E-state index contributed by atoms with van der Waals surface area (Å²) in [7, 11) is 0. The van der Waals surface area contributed by atoms with Crippen molar-refractivity contribution in [3.8, 4) is 0 Å². The zero-order chi connectivity index (χ0) is 9.84. The zero-order valence-corrected chi connectivity index (χ0v) is 8.68. The second-order valence-electron chi connectivity index (χ2n) is 3.55. The Balaban J connectivity index is 2.83. The van der Waals surface area contributed by atoms with Crippen LogP contribution in [-0.2, 0) is 0 Å². The van der Waals surface area contributed by atoms with Gasteiger partial charge in [-0.25, -0.2) is 0 Å². The SMILES string of the molecule is CC(C)=NNc1cc(C)cc(C)c1. The van der Waals surface area contributed by atoms with Gasteiger partial charge in [-0.15, -0.1) is 0 Å². The van der Waals surface area contributed by atoms with E-state index in [1.807, 2.05) is 13.8 Å². The molecular formula is C11H16N2. The smallest absolute Gasteiger partial charge is 0.0567 e. The molecule has 1 N–H and O–H groups in total. The summed E-state index contributed by atoms with van der Waals surface area (Å²) in [6.07, 6.45) is 0. The molecule has 0 spiro atoms. The molecule has 0 aromatic heterocycles. The van der Waals surface area contributed by atoms with Crippen molar-refractivity contribution in [2.45, 2.75) is 27.7 Å².